The van der Waals surface area contributed by atoms with Gasteiger partial charge >= 0.3 is 0 Å². The van der Waals surface area contributed by atoms with E-state index in [9.17, 15) is 19.3 Å². The van der Waals surface area contributed by atoms with E-state index in [2.05, 4.69) is 0 Å². The van der Waals surface area contributed by atoms with Crippen molar-refractivity contribution < 1.29 is 9.31 Å². The van der Waals surface area contributed by atoms with Crippen molar-refractivity contribution in [2.24, 2.45) is 0 Å². The Hall–Kier alpha value is -2.50. The maximum Gasteiger partial charge on any atom is 0.288 e. The van der Waals surface area contributed by atoms with Crippen LogP contribution in [0.5, 0.6) is 0 Å². The van der Waals surface area contributed by atoms with E-state index in [0.717, 1.165) is 0 Å². The molecule has 0 aliphatic rings. The summed E-state index contributed by atoms with van der Waals surface area (Å²) in [6.07, 6.45) is 1.51. The average molecular weight is 276 g/mol. The van der Waals surface area contributed by atoms with Crippen LogP contribution in [0, 0.1) is 22.9 Å². The lowest BCUT2D eigenvalue weighted by molar-refractivity contribution is -0.385. The summed E-state index contributed by atoms with van der Waals surface area (Å²) in [5.41, 5.74) is 0.354. The largest absolute Gasteiger partial charge is 0.308 e. The van der Waals surface area contributed by atoms with Crippen molar-refractivity contribution in [2.75, 3.05) is 0 Å². The van der Waals surface area contributed by atoms with Crippen molar-refractivity contribution in [1.29, 1.82) is 0 Å². The van der Waals surface area contributed by atoms with Gasteiger partial charge in [0.1, 0.15) is 5.82 Å². The second-order valence-electron chi connectivity index (χ2n) is 4.47. The fraction of sp³-hybridized carbons (Fsp3) is 0.214. The molecule has 0 bridgehead atoms. The van der Waals surface area contributed by atoms with Crippen LogP contribution in [0.15, 0.2) is 41.3 Å². The molecule has 0 radical (unpaired) electrons. The summed E-state index contributed by atoms with van der Waals surface area (Å²) in [7, 11) is 0. The first-order valence-corrected chi connectivity index (χ1v) is 6.08. The summed E-state index contributed by atoms with van der Waals surface area (Å²) in [6.45, 7) is 1.71. The van der Waals surface area contributed by atoms with Gasteiger partial charge in [-0.2, -0.15) is 0 Å². The van der Waals surface area contributed by atoms with Crippen LogP contribution in [0.25, 0.3) is 0 Å². The lowest BCUT2D eigenvalue weighted by Crippen LogP contribution is -2.21. The van der Waals surface area contributed by atoms with Gasteiger partial charge in [0, 0.05) is 18.2 Å². The van der Waals surface area contributed by atoms with E-state index in [-0.39, 0.29) is 23.6 Å². The molecule has 1 aromatic carbocycles. The molecule has 0 spiro atoms. The minimum atomic E-state index is -0.533. The normalized spacial score (nSPS) is 10.5. The highest BCUT2D eigenvalue weighted by molar-refractivity contribution is 5.35. The Labute approximate surface area is 114 Å². The van der Waals surface area contributed by atoms with Crippen LogP contribution in [-0.2, 0) is 13.0 Å². The molecular weight excluding hydrogens is 263 g/mol. The van der Waals surface area contributed by atoms with Gasteiger partial charge in [-0.05, 0) is 25.0 Å². The molecule has 1 aromatic heterocycles. The van der Waals surface area contributed by atoms with Crippen LogP contribution >= 0.6 is 0 Å². The molecule has 0 saturated carbocycles. The number of hydrogen-bond donors (Lipinski definition) is 0. The fourth-order valence-electron chi connectivity index (χ4n) is 1.96. The Morgan fingerprint density at radius 3 is 2.70 bits per heavy atom. The standard InChI is InChI=1S/C14H13FN2O3/c1-10-8-14(18)16(9-13(10)17(19)20)7-6-11-4-2-3-5-12(11)15/h2-5,8-9H,6-7H2,1H3. The zero-order chi connectivity index (χ0) is 14.7. The van der Waals surface area contributed by atoms with Crippen LogP contribution in [0.4, 0.5) is 10.1 Å². The Balaban J connectivity index is 2.26. The van der Waals surface area contributed by atoms with Crippen molar-refractivity contribution in [1.82, 2.24) is 4.57 Å². The number of pyridine rings is 1. The van der Waals surface area contributed by atoms with Gasteiger partial charge in [-0.1, -0.05) is 18.2 Å². The Bertz CT molecular complexity index is 710. The summed E-state index contributed by atoms with van der Waals surface area (Å²) < 4.78 is 14.7. The lowest BCUT2D eigenvalue weighted by Gasteiger charge is -2.07. The minimum Gasteiger partial charge on any atom is -0.308 e. The van der Waals surface area contributed by atoms with Crippen molar-refractivity contribution in [3.63, 3.8) is 0 Å². The molecule has 1 heterocycles. The first-order valence-electron chi connectivity index (χ1n) is 6.08. The van der Waals surface area contributed by atoms with Crippen molar-refractivity contribution in [3.05, 3.63) is 73.9 Å². The second kappa shape index (κ2) is 5.64. The summed E-state index contributed by atoms with van der Waals surface area (Å²) in [5.74, 6) is -0.345. The summed E-state index contributed by atoms with van der Waals surface area (Å²) in [6, 6.07) is 7.48. The number of rotatable bonds is 4. The molecule has 2 aromatic rings. The van der Waals surface area contributed by atoms with Gasteiger partial charge in [0.15, 0.2) is 0 Å². The topological polar surface area (TPSA) is 65.1 Å². The predicted octanol–water partition coefficient (Wildman–Crippen LogP) is 2.45. The first kappa shape index (κ1) is 13.9. The van der Waals surface area contributed by atoms with Gasteiger partial charge in [-0.25, -0.2) is 4.39 Å². The Kier molecular flexibility index (Phi) is 3.93. The molecule has 0 saturated heterocycles. The number of nitrogens with zero attached hydrogens (tertiary/aromatic N) is 2. The third-order valence-corrected chi connectivity index (χ3v) is 3.08. The second-order valence-corrected chi connectivity index (χ2v) is 4.47. The monoisotopic (exact) mass is 276 g/mol. The third kappa shape index (κ3) is 2.90. The maximum atomic E-state index is 13.5. The fourth-order valence-corrected chi connectivity index (χ4v) is 1.96. The molecule has 0 atom stereocenters. The molecule has 0 fully saturated rings. The molecular formula is C14H13FN2O3. The van der Waals surface area contributed by atoms with Gasteiger partial charge < -0.3 is 4.57 Å². The minimum absolute atomic E-state index is 0.113. The number of halogens is 1. The maximum absolute atomic E-state index is 13.5. The number of hydrogen-bond acceptors (Lipinski definition) is 3. The third-order valence-electron chi connectivity index (χ3n) is 3.08. The highest BCUT2D eigenvalue weighted by Crippen LogP contribution is 2.14. The molecule has 0 aliphatic carbocycles. The Morgan fingerprint density at radius 2 is 2.05 bits per heavy atom. The SMILES string of the molecule is Cc1cc(=O)n(CCc2ccccc2F)cc1[N+](=O)[O-]. The predicted molar refractivity (Wildman–Crippen MR) is 72.2 cm³/mol. The molecule has 0 aliphatic heterocycles. The smallest absolute Gasteiger partial charge is 0.288 e. The quantitative estimate of drug-likeness (QED) is 0.636. The van der Waals surface area contributed by atoms with Gasteiger partial charge in [-0.15, -0.1) is 0 Å². The van der Waals surface area contributed by atoms with E-state index in [1.54, 1.807) is 18.2 Å². The number of aryl methyl sites for hydroxylation is 3. The molecule has 2 rings (SSSR count). The van der Waals surface area contributed by atoms with Crippen LogP contribution in [0.1, 0.15) is 11.1 Å². The summed E-state index contributed by atoms with van der Waals surface area (Å²) >= 11 is 0. The van der Waals surface area contributed by atoms with Gasteiger partial charge in [-0.3, -0.25) is 14.9 Å². The van der Waals surface area contributed by atoms with E-state index < -0.39 is 4.92 Å². The zero-order valence-electron chi connectivity index (χ0n) is 10.9. The van der Waals surface area contributed by atoms with Crippen molar-refractivity contribution in [3.8, 4) is 0 Å². The highest BCUT2D eigenvalue weighted by Gasteiger charge is 2.13. The zero-order valence-corrected chi connectivity index (χ0v) is 10.9. The van der Waals surface area contributed by atoms with E-state index in [0.29, 0.717) is 17.5 Å². The van der Waals surface area contributed by atoms with Crippen molar-refractivity contribution >= 4 is 5.69 Å². The van der Waals surface area contributed by atoms with E-state index in [4.69, 9.17) is 0 Å². The molecule has 5 nitrogen and oxygen atoms in total. The van der Waals surface area contributed by atoms with Gasteiger partial charge in [0.05, 0.1) is 11.1 Å². The van der Waals surface area contributed by atoms with Crippen LogP contribution < -0.4 is 5.56 Å². The number of aromatic nitrogens is 1. The molecule has 0 N–H and O–H groups in total. The number of nitro groups is 1. The van der Waals surface area contributed by atoms with E-state index in [1.807, 2.05) is 0 Å². The Morgan fingerprint density at radius 1 is 1.35 bits per heavy atom. The molecule has 104 valence electrons. The van der Waals surface area contributed by atoms with Crippen LogP contribution in [-0.4, -0.2) is 9.49 Å². The molecule has 0 amide bonds. The summed E-state index contributed by atoms with van der Waals surface area (Å²) in [4.78, 5) is 22.1. The molecule has 6 heteroatoms. The van der Waals surface area contributed by atoms with Gasteiger partial charge in [0.2, 0.25) is 0 Å². The van der Waals surface area contributed by atoms with E-state index >= 15 is 0 Å². The number of benzene rings is 1. The average Bonchev–Trinajstić information content (AvgIpc) is 2.39. The van der Waals surface area contributed by atoms with Gasteiger partial charge in [0.25, 0.3) is 11.2 Å². The van der Waals surface area contributed by atoms with Crippen LogP contribution in [0.3, 0.4) is 0 Å². The molecule has 0 unspecified atom stereocenters. The highest BCUT2D eigenvalue weighted by atomic mass is 19.1. The lowest BCUT2D eigenvalue weighted by atomic mass is 10.1. The summed E-state index contributed by atoms with van der Waals surface area (Å²) in [5, 5.41) is 10.8. The van der Waals surface area contributed by atoms with E-state index in [1.165, 1.54) is 29.8 Å². The first-order chi connectivity index (χ1) is 9.49. The molecule has 20 heavy (non-hydrogen) atoms. The van der Waals surface area contributed by atoms with Crippen LogP contribution in [0.2, 0.25) is 0 Å². The van der Waals surface area contributed by atoms with Crippen molar-refractivity contribution in [2.45, 2.75) is 19.9 Å².